The molecule has 1 heterocycles. The van der Waals surface area contributed by atoms with E-state index in [1.165, 1.54) is 18.4 Å². The van der Waals surface area contributed by atoms with Crippen LogP contribution in [0.3, 0.4) is 0 Å². The molecule has 6 nitrogen and oxygen atoms in total. The number of aromatic nitrogens is 1. The van der Waals surface area contributed by atoms with Crippen molar-refractivity contribution in [2.75, 3.05) is 12.4 Å². The zero-order chi connectivity index (χ0) is 22.4. The number of anilines is 1. The number of esters is 1. The second kappa shape index (κ2) is 9.45. The zero-order valence-electron chi connectivity index (χ0n) is 17.3. The average Bonchev–Trinajstić information content (AvgIpc) is 3.32. The van der Waals surface area contributed by atoms with Crippen LogP contribution in [0.4, 0.5) is 5.13 Å². The molecule has 0 aliphatic heterocycles. The van der Waals surface area contributed by atoms with Crippen molar-refractivity contribution in [3.63, 3.8) is 0 Å². The van der Waals surface area contributed by atoms with Crippen molar-refractivity contribution in [2.45, 2.75) is 5.54 Å². The Balaban J connectivity index is 1.89. The van der Waals surface area contributed by atoms with Crippen molar-refractivity contribution in [3.8, 4) is 0 Å². The van der Waals surface area contributed by atoms with Crippen molar-refractivity contribution < 1.29 is 14.7 Å². The predicted octanol–water partition coefficient (Wildman–Crippen LogP) is 4.90. The number of carbonyl (C=O) groups excluding carboxylic acids is 1. The summed E-state index contributed by atoms with van der Waals surface area (Å²) < 4.78 is 4.69. The maximum atomic E-state index is 11.9. The minimum Gasteiger partial charge on any atom is -0.464 e. The van der Waals surface area contributed by atoms with Gasteiger partial charge in [-0.25, -0.2) is 9.78 Å². The number of rotatable bonds is 7. The monoisotopic (exact) mass is 443 g/mol. The van der Waals surface area contributed by atoms with Gasteiger partial charge in [0, 0.05) is 5.38 Å². The van der Waals surface area contributed by atoms with E-state index < -0.39 is 11.5 Å². The molecule has 0 bridgehead atoms. The Labute approximate surface area is 189 Å². The second-order valence-electron chi connectivity index (χ2n) is 6.95. The number of thiazole rings is 1. The van der Waals surface area contributed by atoms with E-state index in [0.29, 0.717) is 5.13 Å². The summed E-state index contributed by atoms with van der Waals surface area (Å²) >= 11 is 1.31. The lowest BCUT2D eigenvalue weighted by molar-refractivity contribution is -0.132. The Morgan fingerprint density at radius 3 is 1.78 bits per heavy atom. The molecule has 2 N–H and O–H groups in total. The van der Waals surface area contributed by atoms with E-state index in [-0.39, 0.29) is 11.4 Å². The van der Waals surface area contributed by atoms with E-state index in [2.05, 4.69) is 51.9 Å². The van der Waals surface area contributed by atoms with Crippen LogP contribution in [0.5, 0.6) is 0 Å². The van der Waals surface area contributed by atoms with Gasteiger partial charge in [0.05, 0.1) is 7.11 Å². The number of hydrogen-bond donors (Lipinski definition) is 2. The molecule has 32 heavy (non-hydrogen) atoms. The number of oxime groups is 1. The minimum absolute atomic E-state index is 0.231. The number of benzene rings is 3. The standard InChI is InChI=1S/C25H21N3O3S/c1-31-23(29)22(28-30)21-17-32-24(26-21)27-25(18-11-5-2-6-12-18,19-13-7-3-8-14-19)20-15-9-4-10-16-20/h2-17,30H,1H3,(H,26,27). The molecule has 3 aromatic carbocycles. The Hall–Kier alpha value is -3.97. The highest BCUT2D eigenvalue weighted by atomic mass is 32.1. The number of hydrogen-bond acceptors (Lipinski definition) is 7. The van der Waals surface area contributed by atoms with Crippen LogP contribution in [0.25, 0.3) is 0 Å². The third-order valence-corrected chi connectivity index (χ3v) is 5.90. The van der Waals surface area contributed by atoms with Gasteiger partial charge in [-0.15, -0.1) is 11.3 Å². The minimum atomic E-state index is -0.759. The largest absolute Gasteiger partial charge is 0.464 e. The van der Waals surface area contributed by atoms with Gasteiger partial charge in [-0.2, -0.15) is 0 Å². The molecule has 0 spiro atoms. The van der Waals surface area contributed by atoms with E-state index >= 15 is 0 Å². The van der Waals surface area contributed by atoms with Crippen molar-refractivity contribution in [1.82, 2.24) is 4.98 Å². The maximum Gasteiger partial charge on any atom is 0.362 e. The molecule has 7 heteroatoms. The van der Waals surface area contributed by atoms with Crippen LogP contribution in [0, 0.1) is 0 Å². The van der Waals surface area contributed by atoms with Crippen LogP contribution < -0.4 is 5.32 Å². The zero-order valence-corrected chi connectivity index (χ0v) is 18.1. The number of carbonyl (C=O) groups is 1. The van der Waals surface area contributed by atoms with Crippen molar-refractivity contribution in [1.29, 1.82) is 0 Å². The van der Waals surface area contributed by atoms with E-state index in [0.717, 1.165) is 16.7 Å². The highest BCUT2D eigenvalue weighted by Crippen LogP contribution is 2.40. The lowest BCUT2D eigenvalue weighted by Crippen LogP contribution is -2.38. The molecule has 0 fully saturated rings. The first kappa shape index (κ1) is 21.3. The fourth-order valence-electron chi connectivity index (χ4n) is 3.67. The first-order valence-corrected chi connectivity index (χ1v) is 10.8. The molecule has 0 saturated heterocycles. The topological polar surface area (TPSA) is 83.8 Å². The summed E-state index contributed by atoms with van der Waals surface area (Å²) in [5, 5.41) is 18.2. The molecule has 0 unspecified atom stereocenters. The Bertz CT molecular complexity index is 1110. The summed E-state index contributed by atoms with van der Waals surface area (Å²) in [6, 6.07) is 30.3. The molecule has 4 rings (SSSR count). The summed E-state index contributed by atoms with van der Waals surface area (Å²) in [6.45, 7) is 0. The van der Waals surface area contributed by atoms with Crippen LogP contribution >= 0.6 is 11.3 Å². The predicted molar refractivity (Wildman–Crippen MR) is 125 cm³/mol. The van der Waals surface area contributed by atoms with E-state index in [9.17, 15) is 10.0 Å². The molecular formula is C25H21N3O3S. The third kappa shape index (κ3) is 3.98. The normalized spacial score (nSPS) is 11.7. The average molecular weight is 444 g/mol. The summed E-state index contributed by atoms with van der Waals surface area (Å²) in [6.07, 6.45) is 0. The van der Waals surface area contributed by atoms with Gasteiger partial charge in [0.1, 0.15) is 11.2 Å². The Morgan fingerprint density at radius 1 is 0.906 bits per heavy atom. The third-order valence-electron chi connectivity index (χ3n) is 5.14. The van der Waals surface area contributed by atoms with E-state index in [1.54, 1.807) is 5.38 Å². The first-order valence-electron chi connectivity index (χ1n) is 9.90. The van der Waals surface area contributed by atoms with Gasteiger partial charge in [0.15, 0.2) is 5.13 Å². The summed E-state index contributed by atoms with van der Waals surface area (Å²) in [5.74, 6) is -0.759. The van der Waals surface area contributed by atoms with Gasteiger partial charge in [-0.1, -0.05) is 96.2 Å². The van der Waals surface area contributed by atoms with Crippen molar-refractivity contribution in [2.24, 2.45) is 5.16 Å². The molecule has 0 aliphatic rings. The SMILES string of the molecule is COC(=O)C(=NO)c1csc(NC(c2ccccc2)(c2ccccc2)c2ccccc2)n1. The van der Waals surface area contributed by atoms with Crippen LogP contribution in [0.15, 0.2) is 102 Å². The Morgan fingerprint density at radius 2 is 1.38 bits per heavy atom. The van der Waals surface area contributed by atoms with Crippen LogP contribution in [-0.2, 0) is 15.1 Å². The van der Waals surface area contributed by atoms with Gasteiger partial charge < -0.3 is 15.3 Å². The van der Waals surface area contributed by atoms with Gasteiger partial charge in [0.25, 0.3) is 0 Å². The Kier molecular flexibility index (Phi) is 6.28. The van der Waals surface area contributed by atoms with E-state index in [1.807, 2.05) is 54.6 Å². The number of nitrogens with zero attached hydrogens (tertiary/aromatic N) is 2. The fourth-order valence-corrected chi connectivity index (χ4v) is 4.43. The van der Waals surface area contributed by atoms with Gasteiger partial charge >= 0.3 is 5.97 Å². The van der Waals surface area contributed by atoms with Crippen LogP contribution in [-0.4, -0.2) is 29.0 Å². The molecule has 0 aliphatic carbocycles. The number of methoxy groups -OCH3 is 1. The highest BCUT2D eigenvalue weighted by Gasteiger charge is 2.37. The van der Waals surface area contributed by atoms with Crippen LogP contribution in [0.1, 0.15) is 22.4 Å². The van der Waals surface area contributed by atoms with Crippen molar-refractivity contribution in [3.05, 3.63) is 119 Å². The van der Waals surface area contributed by atoms with Crippen LogP contribution in [0.2, 0.25) is 0 Å². The summed E-state index contributed by atoms with van der Waals surface area (Å²) in [4.78, 5) is 16.5. The molecular weight excluding hydrogens is 422 g/mol. The first-order chi connectivity index (χ1) is 15.7. The summed E-state index contributed by atoms with van der Waals surface area (Å²) in [5.41, 5.74) is 2.31. The quantitative estimate of drug-likeness (QED) is 0.140. The van der Waals surface area contributed by atoms with Crippen molar-refractivity contribution >= 4 is 28.1 Å². The molecule has 0 amide bonds. The maximum absolute atomic E-state index is 11.9. The van der Waals surface area contributed by atoms with Gasteiger partial charge in [-0.3, -0.25) is 0 Å². The lowest BCUT2D eigenvalue weighted by Gasteiger charge is -2.36. The number of ether oxygens (including phenoxy) is 1. The lowest BCUT2D eigenvalue weighted by atomic mass is 9.77. The van der Waals surface area contributed by atoms with Gasteiger partial charge in [-0.05, 0) is 16.7 Å². The van der Waals surface area contributed by atoms with Gasteiger partial charge in [0.2, 0.25) is 5.71 Å². The molecule has 0 atom stereocenters. The molecule has 1 aromatic heterocycles. The molecule has 0 saturated carbocycles. The fraction of sp³-hybridized carbons (Fsp3) is 0.0800. The molecule has 160 valence electrons. The van der Waals surface area contributed by atoms with E-state index in [4.69, 9.17) is 4.74 Å². The second-order valence-corrected chi connectivity index (χ2v) is 7.81. The molecule has 4 aromatic rings. The number of nitrogens with one attached hydrogen (secondary N) is 1. The summed E-state index contributed by atoms with van der Waals surface area (Å²) in [7, 11) is 1.23. The highest BCUT2D eigenvalue weighted by molar-refractivity contribution is 7.14. The smallest absolute Gasteiger partial charge is 0.362 e. The molecule has 0 radical (unpaired) electrons.